The van der Waals surface area contributed by atoms with Crippen LogP contribution < -0.4 is 10.5 Å². The Morgan fingerprint density at radius 3 is 2.60 bits per heavy atom. The number of aromatic nitrogens is 2. The Bertz CT molecular complexity index is 1090. The van der Waals surface area contributed by atoms with E-state index in [-0.39, 0.29) is 16.5 Å². The molecule has 0 saturated carbocycles. The molecule has 130 valence electrons. The number of esters is 1. The van der Waals surface area contributed by atoms with Crippen molar-refractivity contribution in [1.29, 1.82) is 0 Å². The fourth-order valence-corrected chi connectivity index (χ4v) is 2.95. The Morgan fingerprint density at radius 1 is 1.36 bits per heavy atom. The molecule has 3 rings (SSSR count). The number of fused-ring (bicyclic) bond motifs is 3. The van der Waals surface area contributed by atoms with Crippen molar-refractivity contribution in [3.05, 3.63) is 49.8 Å². The van der Waals surface area contributed by atoms with Gasteiger partial charge in [0.05, 0.1) is 18.0 Å². The number of methoxy groups -OCH3 is 1. The summed E-state index contributed by atoms with van der Waals surface area (Å²) in [7, 11) is 4.57. The number of aryl methyl sites for hydroxylation is 1. The molecule has 0 amide bonds. The number of nitrogens with one attached hydrogen (secondary N) is 1. The zero-order valence-electron chi connectivity index (χ0n) is 14.1. The third-order valence-corrected chi connectivity index (χ3v) is 4.04. The summed E-state index contributed by atoms with van der Waals surface area (Å²) in [6.45, 7) is 1.84. The fraction of sp³-hybridized carbons (Fsp3) is 0.250. The zero-order chi connectivity index (χ0) is 18.5. The summed E-state index contributed by atoms with van der Waals surface area (Å²) in [5.41, 5.74) is 0.470. The molecule has 0 unspecified atom stereocenters. The molecule has 1 aromatic carbocycles. The monoisotopic (exact) mass is 344 g/mol. The minimum absolute atomic E-state index is 0.0218. The van der Waals surface area contributed by atoms with Crippen LogP contribution in [0.15, 0.2) is 23.0 Å². The van der Waals surface area contributed by atoms with Gasteiger partial charge < -0.3 is 14.6 Å². The standard InChI is InChI=1S/C16H16N4O5/c1-8-5-6-10-9(7-8)13-11(15(21)19(10)20(23)24)12(16(22)25-4)14(17-13)18(2)3/h5-7,17H,1-4H3. The lowest BCUT2D eigenvalue weighted by Gasteiger charge is -2.11. The lowest BCUT2D eigenvalue weighted by Crippen LogP contribution is -2.27. The van der Waals surface area contributed by atoms with Crippen molar-refractivity contribution in [1.82, 2.24) is 9.66 Å². The van der Waals surface area contributed by atoms with E-state index in [1.807, 2.05) is 6.92 Å². The van der Waals surface area contributed by atoms with Crippen LogP contribution in [0.5, 0.6) is 0 Å². The van der Waals surface area contributed by atoms with Gasteiger partial charge in [-0.05, 0) is 23.7 Å². The zero-order valence-corrected chi connectivity index (χ0v) is 14.1. The number of hydrogen-bond acceptors (Lipinski definition) is 6. The molecule has 0 radical (unpaired) electrons. The molecule has 0 saturated heterocycles. The van der Waals surface area contributed by atoms with E-state index in [1.54, 1.807) is 31.1 Å². The molecule has 0 fully saturated rings. The maximum Gasteiger partial charge on any atom is 0.342 e. The number of nitrogens with zero attached hydrogens (tertiary/aromatic N) is 3. The number of ether oxygens (including phenoxy) is 1. The first-order valence-electron chi connectivity index (χ1n) is 7.39. The number of H-pyrrole nitrogens is 1. The molecule has 0 aliphatic carbocycles. The van der Waals surface area contributed by atoms with Gasteiger partial charge in [-0.15, -0.1) is 0 Å². The minimum atomic E-state index is -0.888. The van der Waals surface area contributed by atoms with Gasteiger partial charge in [-0.1, -0.05) is 11.6 Å². The van der Waals surface area contributed by atoms with Crippen molar-refractivity contribution in [2.45, 2.75) is 6.92 Å². The fourth-order valence-electron chi connectivity index (χ4n) is 2.95. The molecule has 0 aliphatic rings. The lowest BCUT2D eigenvalue weighted by atomic mass is 10.1. The van der Waals surface area contributed by atoms with Gasteiger partial charge >= 0.3 is 11.5 Å². The van der Waals surface area contributed by atoms with Crippen molar-refractivity contribution in [2.24, 2.45) is 0 Å². The highest BCUT2D eigenvalue weighted by Gasteiger charge is 2.28. The first kappa shape index (κ1) is 16.5. The number of benzene rings is 1. The van der Waals surface area contributed by atoms with Gasteiger partial charge in [-0.3, -0.25) is 4.79 Å². The largest absolute Gasteiger partial charge is 0.465 e. The van der Waals surface area contributed by atoms with Gasteiger partial charge in [-0.25, -0.2) is 14.9 Å². The van der Waals surface area contributed by atoms with Gasteiger partial charge in [0.25, 0.3) is 0 Å². The highest BCUT2D eigenvalue weighted by molar-refractivity contribution is 6.15. The maximum absolute atomic E-state index is 12.8. The smallest absolute Gasteiger partial charge is 0.342 e. The Labute approximate surface area is 141 Å². The highest BCUT2D eigenvalue weighted by atomic mass is 16.7. The van der Waals surface area contributed by atoms with Crippen LogP contribution in [0.2, 0.25) is 0 Å². The van der Waals surface area contributed by atoms with Crippen molar-refractivity contribution in [3.8, 4) is 0 Å². The Kier molecular flexibility index (Phi) is 3.71. The number of carbonyl (C=O) groups excluding carboxylic acids is 1. The van der Waals surface area contributed by atoms with Crippen LogP contribution in [0.1, 0.15) is 15.9 Å². The molecule has 9 heteroatoms. The number of hydrogen-bond donors (Lipinski definition) is 1. The van der Waals surface area contributed by atoms with Crippen LogP contribution in [0.3, 0.4) is 0 Å². The molecule has 3 aromatic rings. The third kappa shape index (κ3) is 2.32. The number of aromatic amines is 1. The Morgan fingerprint density at radius 2 is 2.04 bits per heavy atom. The van der Waals surface area contributed by atoms with E-state index in [1.165, 1.54) is 13.2 Å². The molecule has 0 atom stereocenters. The van der Waals surface area contributed by atoms with E-state index in [9.17, 15) is 19.7 Å². The van der Waals surface area contributed by atoms with E-state index in [0.29, 0.717) is 21.4 Å². The summed E-state index contributed by atoms with van der Waals surface area (Å²) >= 11 is 0. The first-order valence-corrected chi connectivity index (χ1v) is 7.39. The second-order valence-electron chi connectivity index (χ2n) is 5.86. The normalized spacial score (nSPS) is 11.0. The maximum atomic E-state index is 12.8. The molecule has 1 N–H and O–H groups in total. The van der Waals surface area contributed by atoms with Crippen molar-refractivity contribution >= 4 is 33.6 Å². The molecule has 9 nitrogen and oxygen atoms in total. The van der Waals surface area contributed by atoms with E-state index in [4.69, 9.17) is 4.74 Å². The van der Waals surface area contributed by atoms with Crippen LogP contribution in [0.25, 0.3) is 21.8 Å². The molecule has 2 aromatic heterocycles. The SMILES string of the molecule is COC(=O)c1c(N(C)C)[nH]c2c1c(=O)n([N+](=O)[O-])c1ccc(C)cc21. The number of anilines is 1. The van der Waals surface area contributed by atoms with Crippen molar-refractivity contribution in [2.75, 3.05) is 26.1 Å². The van der Waals surface area contributed by atoms with Crippen LogP contribution >= 0.6 is 0 Å². The van der Waals surface area contributed by atoms with Gasteiger partial charge in [0.2, 0.25) is 0 Å². The summed E-state index contributed by atoms with van der Waals surface area (Å²) in [4.78, 5) is 41.2. The average molecular weight is 344 g/mol. The van der Waals surface area contributed by atoms with Crippen LogP contribution in [-0.4, -0.2) is 41.9 Å². The molecule has 0 spiro atoms. The number of rotatable bonds is 3. The second kappa shape index (κ2) is 5.62. The lowest BCUT2D eigenvalue weighted by molar-refractivity contribution is -0.540. The Balaban J connectivity index is 2.67. The van der Waals surface area contributed by atoms with Crippen LogP contribution in [-0.2, 0) is 4.74 Å². The minimum Gasteiger partial charge on any atom is -0.465 e. The number of pyridine rings is 1. The summed E-state index contributed by atoms with van der Waals surface area (Å²) in [5.74, 6) is -0.392. The molecule has 0 bridgehead atoms. The molecular formula is C16H16N4O5. The van der Waals surface area contributed by atoms with E-state index >= 15 is 0 Å². The first-order chi connectivity index (χ1) is 11.8. The summed E-state index contributed by atoms with van der Waals surface area (Å²) in [6, 6.07) is 4.93. The molecule has 2 heterocycles. The molecular weight excluding hydrogens is 328 g/mol. The van der Waals surface area contributed by atoms with Gasteiger partial charge in [0.15, 0.2) is 5.03 Å². The van der Waals surface area contributed by atoms with Gasteiger partial charge in [-0.2, -0.15) is 0 Å². The summed E-state index contributed by atoms with van der Waals surface area (Å²) < 4.78 is 5.24. The van der Waals surface area contributed by atoms with E-state index in [0.717, 1.165) is 5.56 Å². The third-order valence-electron chi connectivity index (χ3n) is 4.04. The highest BCUT2D eigenvalue weighted by Crippen LogP contribution is 2.31. The predicted molar refractivity (Wildman–Crippen MR) is 92.9 cm³/mol. The van der Waals surface area contributed by atoms with Crippen molar-refractivity contribution < 1.29 is 14.6 Å². The van der Waals surface area contributed by atoms with E-state index < -0.39 is 16.6 Å². The summed E-state index contributed by atoms with van der Waals surface area (Å²) in [6.07, 6.45) is 0. The number of carbonyl (C=O) groups is 1. The van der Waals surface area contributed by atoms with Gasteiger partial charge in [0, 0.05) is 19.5 Å². The summed E-state index contributed by atoms with van der Waals surface area (Å²) in [5, 5.41) is 11.1. The predicted octanol–water partition coefficient (Wildman–Crippen LogP) is 1.68. The Hall–Kier alpha value is -3.36. The van der Waals surface area contributed by atoms with Crippen molar-refractivity contribution in [3.63, 3.8) is 0 Å². The molecule has 25 heavy (non-hydrogen) atoms. The number of nitro groups is 1. The topological polar surface area (TPSA) is 110 Å². The molecule has 0 aliphatic heterocycles. The van der Waals surface area contributed by atoms with E-state index in [2.05, 4.69) is 4.98 Å². The van der Waals surface area contributed by atoms with Crippen LogP contribution in [0.4, 0.5) is 5.82 Å². The van der Waals surface area contributed by atoms with Crippen LogP contribution in [0, 0.1) is 17.0 Å². The van der Waals surface area contributed by atoms with Gasteiger partial charge in [0.1, 0.15) is 16.9 Å². The quantitative estimate of drug-likeness (QED) is 0.440. The second-order valence-corrected chi connectivity index (χ2v) is 5.86. The average Bonchev–Trinajstić information content (AvgIpc) is 2.96.